The number of nitrogens with two attached hydrogens (primary N) is 2. The molecule has 0 spiro atoms. The van der Waals surface area contributed by atoms with Crippen LogP contribution in [0.4, 0.5) is 17.1 Å². The van der Waals surface area contributed by atoms with Crippen molar-refractivity contribution in [1.29, 1.82) is 0 Å². The first kappa shape index (κ1) is 22.4. The zero-order valence-corrected chi connectivity index (χ0v) is 18.6. The number of nitrogens with zero attached hydrogens (tertiary/aromatic N) is 5. The molecule has 10 nitrogen and oxygen atoms in total. The van der Waals surface area contributed by atoms with Crippen molar-refractivity contribution in [3.63, 3.8) is 0 Å². The highest BCUT2D eigenvalue weighted by atomic mass is 16.5. The highest BCUT2D eigenvalue weighted by Gasteiger charge is 2.21. The Bertz CT molecular complexity index is 1120. The summed E-state index contributed by atoms with van der Waals surface area (Å²) in [6.45, 7) is 4.14. The van der Waals surface area contributed by atoms with E-state index in [0.717, 1.165) is 38.0 Å². The van der Waals surface area contributed by atoms with Crippen LogP contribution in [0.25, 0.3) is 11.4 Å². The van der Waals surface area contributed by atoms with Crippen LogP contribution in [0.15, 0.2) is 43.0 Å². The van der Waals surface area contributed by atoms with Crippen LogP contribution in [-0.2, 0) is 0 Å². The minimum Gasteiger partial charge on any atom is -0.477 e. The molecule has 1 fully saturated rings. The van der Waals surface area contributed by atoms with Crippen molar-refractivity contribution < 1.29 is 9.53 Å². The van der Waals surface area contributed by atoms with Crippen LogP contribution in [-0.4, -0.2) is 51.6 Å². The van der Waals surface area contributed by atoms with Gasteiger partial charge in [0.25, 0.3) is 5.91 Å². The number of hydrogen-bond acceptors (Lipinski definition) is 9. The molecule has 33 heavy (non-hydrogen) atoms. The fourth-order valence-electron chi connectivity index (χ4n) is 3.71. The number of ether oxygens (including phenoxy) is 1. The monoisotopic (exact) mass is 448 g/mol. The third-order valence-corrected chi connectivity index (χ3v) is 5.32. The average Bonchev–Trinajstić information content (AvgIpc) is 2.83. The number of carbonyl (C=O) groups excluding carboxylic acids is 1. The Balaban J connectivity index is 1.58. The van der Waals surface area contributed by atoms with E-state index in [2.05, 4.69) is 30.2 Å². The molecular weight excluding hydrogens is 420 g/mol. The Hall–Kier alpha value is -3.79. The van der Waals surface area contributed by atoms with Crippen LogP contribution in [0.5, 0.6) is 5.88 Å². The van der Waals surface area contributed by atoms with Gasteiger partial charge in [-0.3, -0.25) is 14.8 Å². The van der Waals surface area contributed by atoms with Crippen LogP contribution < -0.4 is 26.4 Å². The number of carbonyl (C=O) groups is 1. The SMILES string of the molecule is CCCOc1cncc(-c2ccc(N)c(C(=O)Nc3cnccc3N3CCCC(N)C3)n2)n1. The van der Waals surface area contributed by atoms with E-state index in [1.807, 2.05) is 13.0 Å². The zero-order chi connectivity index (χ0) is 23.2. The maximum atomic E-state index is 13.1. The van der Waals surface area contributed by atoms with Gasteiger partial charge >= 0.3 is 0 Å². The van der Waals surface area contributed by atoms with Crippen molar-refractivity contribution in [3.8, 4) is 17.3 Å². The lowest BCUT2D eigenvalue weighted by molar-refractivity contribution is 0.102. The number of piperidine rings is 1. The molecule has 5 N–H and O–H groups in total. The summed E-state index contributed by atoms with van der Waals surface area (Å²) in [5.41, 5.74) is 15.0. The first-order valence-corrected chi connectivity index (χ1v) is 11.0. The summed E-state index contributed by atoms with van der Waals surface area (Å²) in [6, 6.07) is 5.30. The van der Waals surface area contributed by atoms with Crippen molar-refractivity contribution in [2.45, 2.75) is 32.2 Å². The van der Waals surface area contributed by atoms with Gasteiger partial charge in [0, 0.05) is 25.3 Å². The van der Waals surface area contributed by atoms with Crippen LogP contribution in [0.3, 0.4) is 0 Å². The molecule has 3 aromatic rings. The van der Waals surface area contributed by atoms with E-state index in [1.165, 1.54) is 0 Å². The van der Waals surface area contributed by atoms with Gasteiger partial charge in [0.2, 0.25) is 5.88 Å². The minimum absolute atomic E-state index is 0.0966. The Labute approximate surface area is 192 Å². The molecule has 0 saturated carbocycles. The van der Waals surface area contributed by atoms with Crippen LogP contribution in [0, 0.1) is 0 Å². The second-order valence-corrected chi connectivity index (χ2v) is 7.92. The molecule has 172 valence electrons. The number of nitrogens with one attached hydrogen (secondary N) is 1. The molecule has 10 heteroatoms. The summed E-state index contributed by atoms with van der Waals surface area (Å²) >= 11 is 0. The summed E-state index contributed by atoms with van der Waals surface area (Å²) in [7, 11) is 0. The van der Waals surface area contributed by atoms with Crippen molar-refractivity contribution in [3.05, 3.63) is 48.7 Å². The molecule has 4 heterocycles. The van der Waals surface area contributed by atoms with E-state index < -0.39 is 5.91 Å². The highest BCUT2D eigenvalue weighted by molar-refractivity contribution is 6.07. The topological polar surface area (TPSA) is 145 Å². The smallest absolute Gasteiger partial charge is 0.276 e. The van der Waals surface area contributed by atoms with Crippen molar-refractivity contribution in [2.75, 3.05) is 35.6 Å². The van der Waals surface area contributed by atoms with Crippen LogP contribution in [0.2, 0.25) is 0 Å². The molecule has 1 atom stereocenters. The second kappa shape index (κ2) is 10.2. The maximum Gasteiger partial charge on any atom is 0.276 e. The lowest BCUT2D eigenvalue weighted by Crippen LogP contribution is -2.43. The molecule has 4 rings (SSSR count). The van der Waals surface area contributed by atoms with Crippen molar-refractivity contribution in [2.24, 2.45) is 5.73 Å². The summed E-state index contributed by atoms with van der Waals surface area (Å²) < 4.78 is 5.55. The van der Waals surface area contributed by atoms with E-state index in [0.29, 0.717) is 29.6 Å². The van der Waals surface area contributed by atoms with Gasteiger partial charge in [0.1, 0.15) is 5.69 Å². The normalized spacial score (nSPS) is 15.8. The zero-order valence-electron chi connectivity index (χ0n) is 18.6. The molecule has 1 saturated heterocycles. The van der Waals surface area contributed by atoms with E-state index in [4.69, 9.17) is 16.2 Å². The fourth-order valence-corrected chi connectivity index (χ4v) is 3.71. The quantitative estimate of drug-likeness (QED) is 0.496. The molecule has 1 aliphatic rings. The maximum absolute atomic E-state index is 13.1. The Morgan fingerprint density at radius 1 is 1.18 bits per heavy atom. The number of anilines is 3. The van der Waals surface area contributed by atoms with Gasteiger partial charge in [-0.25, -0.2) is 9.97 Å². The summed E-state index contributed by atoms with van der Waals surface area (Å²) in [4.78, 5) is 32.5. The standard InChI is InChI=1S/C23H28N8O2/c1-2-10-33-21-13-27-11-18(28-21)17-6-5-16(25)22(29-17)23(32)30-19-12-26-8-7-20(19)31-9-3-4-15(24)14-31/h5-8,11-13,15H,2-4,9-10,14,24-25H2,1H3,(H,30,32). The van der Waals surface area contributed by atoms with Crippen molar-refractivity contribution in [1.82, 2.24) is 19.9 Å². The number of nitrogen functional groups attached to an aromatic ring is 1. The van der Waals surface area contributed by atoms with Gasteiger partial charge in [-0.2, -0.15) is 0 Å². The van der Waals surface area contributed by atoms with Gasteiger partial charge in [0.15, 0.2) is 5.69 Å². The van der Waals surface area contributed by atoms with Gasteiger partial charge in [-0.1, -0.05) is 6.92 Å². The van der Waals surface area contributed by atoms with Crippen LogP contribution >= 0.6 is 0 Å². The van der Waals surface area contributed by atoms with E-state index in [1.54, 1.807) is 36.9 Å². The highest BCUT2D eigenvalue weighted by Crippen LogP contribution is 2.28. The van der Waals surface area contributed by atoms with Gasteiger partial charge in [-0.15, -0.1) is 0 Å². The Morgan fingerprint density at radius 3 is 2.88 bits per heavy atom. The first-order valence-electron chi connectivity index (χ1n) is 11.0. The second-order valence-electron chi connectivity index (χ2n) is 7.92. The lowest BCUT2D eigenvalue weighted by Gasteiger charge is -2.33. The van der Waals surface area contributed by atoms with Crippen molar-refractivity contribution >= 4 is 23.0 Å². The molecule has 1 amide bonds. The van der Waals surface area contributed by atoms with Gasteiger partial charge in [-0.05, 0) is 37.5 Å². The summed E-state index contributed by atoms with van der Waals surface area (Å²) in [5, 5.41) is 2.91. The molecule has 1 unspecified atom stereocenters. The number of hydrogen-bond donors (Lipinski definition) is 3. The summed E-state index contributed by atoms with van der Waals surface area (Å²) in [5.74, 6) is -0.0324. The predicted molar refractivity (Wildman–Crippen MR) is 127 cm³/mol. The number of aromatic nitrogens is 4. The lowest BCUT2D eigenvalue weighted by atomic mass is 10.1. The fraction of sp³-hybridized carbons (Fsp3) is 0.348. The molecule has 0 radical (unpaired) electrons. The predicted octanol–water partition coefficient (Wildman–Crippen LogP) is 2.48. The third kappa shape index (κ3) is 5.35. The van der Waals surface area contributed by atoms with E-state index in [-0.39, 0.29) is 17.4 Å². The Kier molecular flexibility index (Phi) is 6.94. The van der Waals surface area contributed by atoms with Gasteiger partial charge in [0.05, 0.1) is 48.0 Å². The molecule has 0 aliphatic carbocycles. The molecule has 0 bridgehead atoms. The minimum atomic E-state index is -0.434. The molecule has 3 aromatic heterocycles. The number of rotatable bonds is 7. The molecule has 1 aliphatic heterocycles. The molecule has 0 aromatic carbocycles. The molecular formula is C23H28N8O2. The first-order chi connectivity index (χ1) is 16.0. The summed E-state index contributed by atoms with van der Waals surface area (Å²) in [6.07, 6.45) is 9.27. The van der Waals surface area contributed by atoms with E-state index in [9.17, 15) is 4.79 Å². The van der Waals surface area contributed by atoms with E-state index >= 15 is 0 Å². The number of pyridine rings is 2. The largest absolute Gasteiger partial charge is 0.477 e. The average molecular weight is 449 g/mol. The van der Waals surface area contributed by atoms with Gasteiger partial charge < -0.3 is 26.4 Å². The van der Waals surface area contributed by atoms with Crippen LogP contribution in [0.1, 0.15) is 36.7 Å². The third-order valence-electron chi connectivity index (χ3n) is 5.32. The Morgan fingerprint density at radius 2 is 2.06 bits per heavy atom. The number of amides is 1.